The van der Waals surface area contributed by atoms with Crippen LogP contribution in [0, 0.1) is 0 Å². The highest BCUT2D eigenvalue weighted by atomic mass is 16.3. The van der Waals surface area contributed by atoms with Crippen LogP contribution in [0.3, 0.4) is 0 Å². The van der Waals surface area contributed by atoms with Crippen LogP contribution < -0.4 is 0 Å². The lowest BCUT2D eigenvalue weighted by Crippen LogP contribution is -2.25. The Morgan fingerprint density at radius 1 is 0.274 bits per heavy atom. The number of benzene rings is 9. The maximum Gasteiger partial charge on any atom is 0.164 e. The van der Waals surface area contributed by atoms with Gasteiger partial charge < -0.3 is 4.42 Å². The van der Waals surface area contributed by atoms with Gasteiger partial charge in [-0.05, 0) is 97.1 Å². The number of hydrogen-bond donors (Lipinski definition) is 0. The van der Waals surface area contributed by atoms with Crippen LogP contribution in [0.1, 0.15) is 22.3 Å². The number of para-hydroxylation sites is 1. The van der Waals surface area contributed by atoms with Gasteiger partial charge in [0.1, 0.15) is 11.2 Å². The first-order valence-corrected chi connectivity index (χ1v) is 21.1. The van der Waals surface area contributed by atoms with Gasteiger partial charge in [-0.15, -0.1) is 0 Å². The lowest BCUT2D eigenvalue weighted by molar-refractivity contribution is 0.669. The minimum Gasteiger partial charge on any atom is -0.456 e. The molecule has 0 bridgehead atoms. The average Bonchev–Trinajstić information content (AvgIpc) is 3.97. The number of hydrogen-bond acceptors (Lipinski definition) is 4. The van der Waals surface area contributed by atoms with Gasteiger partial charge in [0.25, 0.3) is 0 Å². The van der Waals surface area contributed by atoms with Crippen molar-refractivity contribution in [3.63, 3.8) is 0 Å². The number of aromatic nitrogens is 3. The molecule has 2 aliphatic rings. The highest BCUT2D eigenvalue weighted by Gasteiger charge is 2.51. The van der Waals surface area contributed by atoms with Crippen LogP contribution in [-0.4, -0.2) is 15.0 Å². The van der Waals surface area contributed by atoms with Crippen LogP contribution in [-0.2, 0) is 5.41 Å². The third-order valence-electron chi connectivity index (χ3n) is 13.0. The predicted molar refractivity (Wildman–Crippen MR) is 251 cm³/mol. The summed E-state index contributed by atoms with van der Waals surface area (Å²) in [6.07, 6.45) is 0. The zero-order chi connectivity index (χ0) is 40.8. The molecule has 0 radical (unpaired) electrons. The molecule has 2 heterocycles. The Hall–Kier alpha value is -8.21. The highest BCUT2D eigenvalue weighted by molar-refractivity contribution is 6.07. The van der Waals surface area contributed by atoms with E-state index in [1.165, 1.54) is 44.5 Å². The monoisotopic (exact) mass is 789 g/mol. The van der Waals surface area contributed by atoms with Gasteiger partial charge >= 0.3 is 0 Å². The average molecular weight is 790 g/mol. The summed E-state index contributed by atoms with van der Waals surface area (Å²) in [6, 6.07) is 75.8. The van der Waals surface area contributed by atoms with Crippen LogP contribution in [0.5, 0.6) is 0 Å². The van der Waals surface area contributed by atoms with Crippen molar-refractivity contribution < 1.29 is 4.42 Å². The zero-order valence-corrected chi connectivity index (χ0v) is 33.5. The third-order valence-corrected chi connectivity index (χ3v) is 13.0. The lowest BCUT2D eigenvalue weighted by Gasteiger charge is -2.31. The number of fused-ring (bicyclic) bond motifs is 13. The van der Waals surface area contributed by atoms with Crippen LogP contribution >= 0.6 is 0 Å². The minimum absolute atomic E-state index is 0.471. The summed E-state index contributed by atoms with van der Waals surface area (Å²) >= 11 is 0. The van der Waals surface area contributed by atoms with Crippen molar-refractivity contribution >= 4 is 21.9 Å². The number of nitrogens with zero attached hydrogens (tertiary/aromatic N) is 3. The smallest absolute Gasteiger partial charge is 0.164 e. The first-order chi connectivity index (χ1) is 30.7. The molecule has 62 heavy (non-hydrogen) atoms. The minimum atomic E-state index is -0.471. The molecule has 0 saturated carbocycles. The molecule has 0 amide bonds. The molecule has 0 unspecified atom stereocenters. The molecule has 2 aromatic heterocycles. The van der Waals surface area contributed by atoms with Gasteiger partial charge in [0.15, 0.2) is 17.5 Å². The van der Waals surface area contributed by atoms with Gasteiger partial charge in [0.2, 0.25) is 0 Å². The molecule has 11 aromatic rings. The maximum atomic E-state index is 6.49. The van der Waals surface area contributed by atoms with E-state index in [1.54, 1.807) is 0 Å². The van der Waals surface area contributed by atoms with Crippen molar-refractivity contribution in [1.29, 1.82) is 0 Å². The largest absolute Gasteiger partial charge is 0.456 e. The molecule has 0 atom stereocenters. The summed E-state index contributed by atoms with van der Waals surface area (Å²) in [4.78, 5) is 15.0. The molecule has 288 valence electrons. The Kier molecular flexibility index (Phi) is 7.49. The summed E-state index contributed by atoms with van der Waals surface area (Å²) in [6.45, 7) is 0. The molecule has 9 aromatic carbocycles. The van der Waals surface area contributed by atoms with E-state index >= 15 is 0 Å². The molecule has 0 N–H and O–H groups in total. The predicted octanol–water partition coefficient (Wildman–Crippen LogP) is 14.4. The quantitative estimate of drug-likeness (QED) is 0.174. The Morgan fingerprint density at radius 2 is 0.710 bits per heavy atom. The Labute approximate surface area is 358 Å². The maximum absolute atomic E-state index is 6.49. The first kappa shape index (κ1) is 34.6. The summed E-state index contributed by atoms with van der Waals surface area (Å²) in [5.74, 6) is 1.91. The van der Waals surface area contributed by atoms with Crippen molar-refractivity contribution in [2.24, 2.45) is 0 Å². The van der Waals surface area contributed by atoms with Gasteiger partial charge in [0, 0.05) is 27.5 Å². The second-order valence-corrected chi connectivity index (χ2v) is 16.3. The Bertz CT molecular complexity index is 3470. The van der Waals surface area contributed by atoms with E-state index in [1.807, 2.05) is 72.8 Å². The van der Waals surface area contributed by atoms with Gasteiger partial charge in [-0.25, -0.2) is 15.0 Å². The number of rotatable bonds is 5. The van der Waals surface area contributed by atoms with Crippen molar-refractivity contribution in [2.45, 2.75) is 5.41 Å². The van der Waals surface area contributed by atoms with Crippen LogP contribution in [0.2, 0.25) is 0 Å². The molecule has 0 fully saturated rings. The normalized spacial score (nSPS) is 13.0. The van der Waals surface area contributed by atoms with E-state index in [0.29, 0.717) is 17.5 Å². The highest BCUT2D eigenvalue weighted by Crippen LogP contribution is 2.63. The number of furan rings is 1. The molecule has 0 saturated heterocycles. The van der Waals surface area contributed by atoms with Crippen LogP contribution in [0.15, 0.2) is 217 Å². The van der Waals surface area contributed by atoms with E-state index in [2.05, 4.69) is 140 Å². The molecule has 0 aliphatic heterocycles. The molecule has 13 rings (SSSR count). The third kappa shape index (κ3) is 5.04. The second-order valence-electron chi connectivity index (χ2n) is 16.3. The summed E-state index contributed by atoms with van der Waals surface area (Å²) in [7, 11) is 0. The fourth-order valence-corrected chi connectivity index (χ4v) is 10.2. The SMILES string of the molecule is c1ccc(-c2nc(-c3ccccc3)nc(-c3ccc(-c4cc5c(cc4-c4ccc6c(c4)oc4ccccc46)-c4ccccc4C54c5ccccc5-c5ccccc54)cc3)n2)cc1. The molecular formula is C58H35N3O. The second kappa shape index (κ2) is 13.4. The van der Waals surface area contributed by atoms with Crippen molar-refractivity contribution in [1.82, 2.24) is 15.0 Å². The van der Waals surface area contributed by atoms with E-state index in [0.717, 1.165) is 60.9 Å². The molecular weight excluding hydrogens is 755 g/mol. The Morgan fingerprint density at radius 3 is 1.31 bits per heavy atom. The summed E-state index contributed by atoms with van der Waals surface area (Å²) in [5, 5.41) is 2.24. The summed E-state index contributed by atoms with van der Waals surface area (Å²) in [5.41, 5.74) is 18.9. The molecule has 4 nitrogen and oxygen atoms in total. The van der Waals surface area contributed by atoms with Crippen molar-refractivity contribution in [3.8, 4) is 78.7 Å². The van der Waals surface area contributed by atoms with E-state index in [-0.39, 0.29) is 0 Å². The Balaban J connectivity index is 1.04. The van der Waals surface area contributed by atoms with E-state index in [4.69, 9.17) is 19.4 Å². The topological polar surface area (TPSA) is 51.8 Å². The van der Waals surface area contributed by atoms with Gasteiger partial charge in [-0.3, -0.25) is 0 Å². The van der Waals surface area contributed by atoms with Crippen molar-refractivity contribution in [2.75, 3.05) is 0 Å². The van der Waals surface area contributed by atoms with Gasteiger partial charge in [-0.1, -0.05) is 182 Å². The van der Waals surface area contributed by atoms with E-state index < -0.39 is 5.41 Å². The fourth-order valence-electron chi connectivity index (χ4n) is 10.2. The van der Waals surface area contributed by atoms with Crippen molar-refractivity contribution in [3.05, 3.63) is 235 Å². The standard InChI is InChI=1S/C58H35N3O/c1-3-15-37(16-4-1)55-59-56(38-17-5-2-6-18-38)61-57(60-55)39-29-27-36(28-30-39)47-35-52-48(34-46(47)40-31-32-45-44-22-10-14-26-53(44)62-54(45)33-40)43-21-9-13-25-51(43)58(52)49-23-11-7-19-41(49)42-20-8-12-24-50(42)58/h1-35H. The van der Waals surface area contributed by atoms with Crippen LogP contribution in [0.4, 0.5) is 0 Å². The first-order valence-electron chi connectivity index (χ1n) is 21.1. The van der Waals surface area contributed by atoms with Gasteiger partial charge in [0.05, 0.1) is 5.41 Å². The molecule has 1 spiro atoms. The molecule has 4 heteroatoms. The summed E-state index contributed by atoms with van der Waals surface area (Å²) < 4.78 is 6.49. The lowest BCUT2D eigenvalue weighted by atomic mass is 9.70. The van der Waals surface area contributed by atoms with Crippen LogP contribution in [0.25, 0.3) is 101 Å². The van der Waals surface area contributed by atoms with Gasteiger partial charge in [-0.2, -0.15) is 0 Å². The fraction of sp³-hybridized carbons (Fsp3) is 0.0172. The molecule has 2 aliphatic carbocycles. The van der Waals surface area contributed by atoms with E-state index in [9.17, 15) is 0 Å². The zero-order valence-electron chi connectivity index (χ0n) is 33.5.